The highest BCUT2D eigenvalue weighted by atomic mass is 32.1. The Labute approximate surface area is 164 Å². The van der Waals surface area contributed by atoms with Gasteiger partial charge in [-0.1, -0.05) is 17.4 Å². The highest BCUT2D eigenvalue weighted by Gasteiger charge is 2.27. The summed E-state index contributed by atoms with van der Waals surface area (Å²) < 4.78 is 45.3. The number of rotatable bonds is 4. The van der Waals surface area contributed by atoms with E-state index in [9.17, 15) is 18.0 Å². The van der Waals surface area contributed by atoms with Gasteiger partial charge in [0.2, 0.25) is 0 Å². The van der Waals surface area contributed by atoms with E-state index in [0.717, 1.165) is 16.9 Å². The molecule has 10 heteroatoms. The van der Waals surface area contributed by atoms with Crippen LogP contribution in [-0.4, -0.2) is 33.3 Å². The van der Waals surface area contributed by atoms with Crippen LogP contribution in [0.4, 0.5) is 23.7 Å². The van der Waals surface area contributed by atoms with E-state index in [0.29, 0.717) is 23.5 Å². The molecule has 0 aliphatic carbocycles. The van der Waals surface area contributed by atoms with Crippen molar-refractivity contribution in [1.29, 1.82) is 0 Å². The summed E-state index contributed by atoms with van der Waals surface area (Å²) >= 11 is 0.788. The molecule has 0 unspecified atom stereocenters. The number of hydrogen-bond acceptors (Lipinski definition) is 6. The van der Waals surface area contributed by atoms with Gasteiger partial charge in [-0.25, -0.2) is 18.0 Å². The van der Waals surface area contributed by atoms with Crippen molar-refractivity contribution in [3.63, 3.8) is 0 Å². The lowest BCUT2D eigenvalue weighted by Crippen LogP contribution is -2.40. The second-order valence-electron chi connectivity index (χ2n) is 7.40. The topological polar surface area (TPSA) is 67.3 Å². The summed E-state index contributed by atoms with van der Waals surface area (Å²) in [5, 5.41) is 9.95. The Balaban J connectivity index is 1.67. The van der Waals surface area contributed by atoms with Crippen LogP contribution in [-0.2, 0) is 24.2 Å². The molecule has 1 aliphatic rings. The SMILES string of the molecule is CC(C)(C)OC(=O)N1CCc2c(ccc(NCc3nnc(C(F)F)s3)c2F)C1. The van der Waals surface area contributed by atoms with Crippen molar-refractivity contribution < 1.29 is 22.7 Å². The number of halogens is 3. The van der Waals surface area contributed by atoms with Crippen LogP contribution in [0.2, 0.25) is 0 Å². The second kappa shape index (κ2) is 7.94. The van der Waals surface area contributed by atoms with Gasteiger partial charge >= 0.3 is 6.09 Å². The maximum Gasteiger partial charge on any atom is 0.410 e. The highest BCUT2D eigenvalue weighted by Crippen LogP contribution is 2.29. The number of fused-ring (bicyclic) bond motifs is 1. The first kappa shape index (κ1) is 20.4. The summed E-state index contributed by atoms with van der Waals surface area (Å²) in [5.41, 5.74) is 0.926. The van der Waals surface area contributed by atoms with E-state index in [2.05, 4.69) is 15.5 Å². The van der Waals surface area contributed by atoms with Crippen LogP contribution < -0.4 is 5.32 Å². The quantitative estimate of drug-likeness (QED) is 0.797. The molecule has 0 bridgehead atoms. The minimum absolute atomic E-state index is 0.101. The van der Waals surface area contributed by atoms with Gasteiger partial charge in [-0.3, -0.25) is 0 Å². The minimum atomic E-state index is -2.67. The Hall–Kier alpha value is -2.36. The van der Waals surface area contributed by atoms with Crippen molar-refractivity contribution in [2.45, 2.75) is 52.3 Å². The number of alkyl halides is 2. The van der Waals surface area contributed by atoms with Crippen molar-refractivity contribution in [1.82, 2.24) is 15.1 Å². The molecule has 152 valence electrons. The molecular formula is C18H21F3N4O2S. The lowest BCUT2D eigenvalue weighted by atomic mass is 9.98. The van der Waals surface area contributed by atoms with E-state index in [-0.39, 0.29) is 23.8 Å². The average Bonchev–Trinajstić information content (AvgIpc) is 3.09. The van der Waals surface area contributed by atoms with Gasteiger partial charge in [-0.05, 0) is 44.4 Å². The third-order valence-electron chi connectivity index (χ3n) is 4.08. The number of nitrogens with zero attached hydrogens (tertiary/aromatic N) is 3. The predicted molar refractivity (Wildman–Crippen MR) is 98.9 cm³/mol. The van der Waals surface area contributed by atoms with Gasteiger partial charge in [0.05, 0.1) is 12.2 Å². The Morgan fingerprint density at radius 1 is 1.36 bits per heavy atom. The number of carbonyl (C=O) groups is 1. The largest absolute Gasteiger partial charge is 0.444 e. The molecule has 0 saturated heterocycles. The Bertz CT molecular complexity index is 867. The van der Waals surface area contributed by atoms with Crippen molar-refractivity contribution in [2.75, 3.05) is 11.9 Å². The maximum atomic E-state index is 14.8. The summed E-state index contributed by atoms with van der Waals surface area (Å²) in [4.78, 5) is 13.8. The first-order chi connectivity index (χ1) is 13.1. The number of benzene rings is 1. The minimum Gasteiger partial charge on any atom is -0.444 e. The molecule has 1 aromatic heterocycles. The van der Waals surface area contributed by atoms with E-state index in [1.165, 1.54) is 0 Å². The zero-order valence-electron chi connectivity index (χ0n) is 15.8. The first-order valence-electron chi connectivity index (χ1n) is 8.76. The maximum absolute atomic E-state index is 14.8. The van der Waals surface area contributed by atoms with Gasteiger partial charge in [0.1, 0.15) is 16.4 Å². The van der Waals surface area contributed by atoms with Crippen molar-refractivity contribution in [3.05, 3.63) is 39.1 Å². The molecule has 0 saturated carbocycles. The summed E-state index contributed by atoms with van der Waals surface area (Å²) in [6, 6.07) is 3.32. The van der Waals surface area contributed by atoms with Gasteiger partial charge in [-0.2, -0.15) is 0 Å². The Kier molecular flexibility index (Phi) is 5.78. The van der Waals surface area contributed by atoms with Crippen LogP contribution in [0.1, 0.15) is 48.3 Å². The zero-order valence-corrected chi connectivity index (χ0v) is 16.6. The van der Waals surface area contributed by atoms with Crippen molar-refractivity contribution in [3.8, 4) is 0 Å². The first-order valence-corrected chi connectivity index (χ1v) is 9.58. The number of aromatic nitrogens is 2. The number of nitrogens with one attached hydrogen (secondary N) is 1. The predicted octanol–water partition coefficient (Wildman–Crippen LogP) is 4.52. The number of amides is 1. The smallest absolute Gasteiger partial charge is 0.410 e. The molecule has 2 heterocycles. The van der Waals surface area contributed by atoms with Gasteiger partial charge in [0.25, 0.3) is 6.43 Å². The van der Waals surface area contributed by atoms with Gasteiger partial charge in [0.15, 0.2) is 5.01 Å². The Morgan fingerprint density at radius 3 is 2.75 bits per heavy atom. The number of anilines is 1. The van der Waals surface area contributed by atoms with Crippen LogP contribution >= 0.6 is 11.3 Å². The fourth-order valence-corrected chi connectivity index (χ4v) is 3.47. The molecule has 0 fully saturated rings. The van der Waals surface area contributed by atoms with Crippen LogP contribution in [0.5, 0.6) is 0 Å². The van der Waals surface area contributed by atoms with Crippen molar-refractivity contribution in [2.24, 2.45) is 0 Å². The molecular weight excluding hydrogens is 393 g/mol. The molecule has 1 N–H and O–H groups in total. The van der Waals surface area contributed by atoms with Gasteiger partial charge < -0.3 is 15.0 Å². The third kappa shape index (κ3) is 4.73. The molecule has 0 spiro atoms. The lowest BCUT2D eigenvalue weighted by Gasteiger charge is -2.31. The summed E-state index contributed by atoms with van der Waals surface area (Å²) in [6.45, 7) is 6.12. The number of carbonyl (C=O) groups excluding carboxylic acids is 1. The van der Waals surface area contributed by atoms with Crippen LogP contribution in [0, 0.1) is 5.82 Å². The normalized spacial score (nSPS) is 14.2. The summed E-state index contributed by atoms with van der Waals surface area (Å²) in [6.07, 6.45) is -2.73. The monoisotopic (exact) mass is 414 g/mol. The fourth-order valence-electron chi connectivity index (χ4n) is 2.83. The molecule has 1 aromatic carbocycles. The summed E-state index contributed by atoms with van der Waals surface area (Å²) in [7, 11) is 0. The van der Waals surface area contributed by atoms with Crippen LogP contribution in [0.15, 0.2) is 12.1 Å². The summed E-state index contributed by atoms with van der Waals surface area (Å²) in [5.74, 6) is -0.403. The van der Waals surface area contributed by atoms with E-state index < -0.39 is 23.9 Å². The molecule has 28 heavy (non-hydrogen) atoms. The van der Waals surface area contributed by atoms with E-state index >= 15 is 0 Å². The fraction of sp³-hybridized carbons (Fsp3) is 0.500. The number of hydrogen-bond donors (Lipinski definition) is 1. The highest BCUT2D eigenvalue weighted by molar-refractivity contribution is 7.11. The molecule has 3 rings (SSSR count). The van der Waals surface area contributed by atoms with Gasteiger partial charge in [-0.15, -0.1) is 10.2 Å². The van der Waals surface area contributed by atoms with E-state index in [1.54, 1.807) is 37.8 Å². The Morgan fingerprint density at radius 2 is 2.11 bits per heavy atom. The van der Waals surface area contributed by atoms with Crippen LogP contribution in [0.25, 0.3) is 0 Å². The molecule has 2 aromatic rings. The van der Waals surface area contributed by atoms with Gasteiger partial charge in [0, 0.05) is 13.1 Å². The molecule has 0 atom stereocenters. The molecule has 1 aliphatic heterocycles. The second-order valence-corrected chi connectivity index (χ2v) is 8.50. The van der Waals surface area contributed by atoms with Crippen molar-refractivity contribution >= 4 is 23.1 Å². The van der Waals surface area contributed by atoms with E-state index in [1.807, 2.05) is 0 Å². The average molecular weight is 414 g/mol. The zero-order chi connectivity index (χ0) is 20.5. The standard InChI is InChI=1S/C18H21F3N4O2S/c1-18(2,3)27-17(26)25-7-6-11-10(9-25)4-5-12(14(11)19)22-8-13-23-24-16(28-13)15(20)21/h4-5,15,22H,6-9H2,1-3H3. The van der Waals surface area contributed by atoms with Crippen LogP contribution in [0.3, 0.4) is 0 Å². The van der Waals surface area contributed by atoms with E-state index in [4.69, 9.17) is 4.74 Å². The molecule has 1 amide bonds. The number of ether oxygens (including phenoxy) is 1. The lowest BCUT2D eigenvalue weighted by molar-refractivity contribution is 0.0223. The third-order valence-corrected chi connectivity index (χ3v) is 5.01. The molecule has 0 radical (unpaired) electrons. The molecule has 6 nitrogen and oxygen atoms in total.